The summed E-state index contributed by atoms with van der Waals surface area (Å²) in [6, 6.07) is 80.1. The Kier molecular flexibility index (Phi) is 9.17. The molecule has 2 aromatic heterocycles. The highest BCUT2D eigenvalue weighted by atomic mass is 14.9. The monoisotopic (exact) mass is 829 g/mol. The molecule has 0 aliphatic heterocycles. The molecule has 11 aromatic rings. The first-order valence-electron chi connectivity index (χ1n) is 22.3. The van der Waals surface area contributed by atoms with E-state index in [4.69, 9.17) is 15.0 Å². The maximum atomic E-state index is 5.53. The highest BCUT2D eigenvalue weighted by molar-refractivity contribution is 6.19. The molecule has 0 spiro atoms. The maximum Gasteiger partial charge on any atom is 0.160 e. The average Bonchev–Trinajstić information content (AvgIpc) is 3.61. The highest BCUT2D eigenvalue weighted by Gasteiger charge is 2.35. The minimum atomic E-state index is -0.0557. The predicted octanol–water partition coefficient (Wildman–Crippen LogP) is 16.2. The summed E-state index contributed by atoms with van der Waals surface area (Å²) in [6.07, 6.45) is 0. The normalized spacial score (nSPS) is 12.6. The number of rotatable bonds is 7. The molecule has 0 unspecified atom stereocenters. The van der Waals surface area contributed by atoms with Crippen LogP contribution in [0.2, 0.25) is 0 Å². The molecule has 0 radical (unpaired) electrons. The van der Waals surface area contributed by atoms with Gasteiger partial charge in [0, 0.05) is 49.4 Å². The molecule has 12 rings (SSSR count). The summed E-state index contributed by atoms with van der Waals surface area (Å²) >= 11 is 0. The minimum Gasteiger partial charge on any atom is -0.246 e. The van der Waals surface area contributed by atoms with Crippen LogP contribution in [0.15, 0.2) is 224 Å². The van der Waals surface area contributed by atoms with Crippen LogP contribution in [0.1, 0.15) is 25.0 Å². The van der Waals surface area contributed by atoms with Crippen molar-refractivity contribution in [2.24, 2.45) is 0 Å². The number of benzene rings is 9. The Hall–Kier alpha value is -8.27. The quantitative estimate of drug-likeness (QED) is 0.150. The molecule has 1 aliphatic rings. The zero-order chi connectivity index (χ0) is 43.5. The van der Waals surface area contributed by atoms with Gasteiger partial charge < -0.3 is 0 Å². The Balaban J connectivity index is 0.970. The molecule has 0 N–H and O–H groups in total. The lowest BCUT2D eigenvalue weighted by molar-refractivity contribution is 0.660. The molecule has 2 heterocycles. The zero-order valence-electron chi connectivity index (χ0n) is 36.2. The molecule has 0 saturated heterocycles. The Morgan fingerprint density at radius 3 is 1.60 bits per heavy atom. The molecule has 1 aliphatic carbocycles. The SMILES string of the molecule is CC1(C)c2ccccc2-c2ccc(-c3ccc(-c4cc(-c5cccc(-c6cccc7c6nc(-c6ccccc6)c6cccc(-c8ccccc8)c67)c5)nc(-c5ccccc5)n4)cc3)cc21. The molecule has 0 bridgehead atoms. The van der Waals surface area contributed by atoms with Crippen LogP contribution in [0.25, 0.3) is 111 Å². The van der Waals surface area contributed by atoms with Gasteiger partial charge in [-0.05, 0) is 68.3 Å². The summed E-state index contributed by atoms with van der Waals surface area (Å²) in [4.78, 5) is 16.0. The highest BCUT2D eigenvalue weighted by Crippen LogP contribution is 2.50. The lowest BCUT2D eigenvalue weighted by Gasteiger charge is -2.22. The summed E-state index contributed by atoms with van der Waals surface area (Å²) in [7, 11) is 0. The smallest absolute Gasteiger partial charge is 0.160 e. The molecule has 65 heavy (non-hydrogen) atoms. The van der Waals surface area contributed by atoms with Crippen molar-refractivity contribution in [2.75, 3.05) is 0 Å². The topological polar surface area (TPSA) is 38.7 Å². The van der Waals surface area contributed by atoms with Gasteiger partial charge in [-0.1, -0.05) is 220 Å². The van der Waals surface area contributed by atoms with Crippen molar-refractivity contribution in [3.05, 3.63) is 236 Å². The van der Waals surface area contributed by atoms with Crippen LogP contribution in [0, 0.1) is 0 Å². The van der Waals surface area contributed by atoms with Gasteiger partial charge in [-0.15, -0.1) is 0 Å². The standard InChI is InChI=1S/C62H43N3/c1-62(2)54-30-13-12-25-50(54)51-36-35-45(38-55(51)62)40-31-33-42(34-32-40)56-39-57(64-61(63-56)44-21-10-5-11-22-44)47-24-14-23-46(37-47)49-27-16-29-53-58-48(41-17-6-3-7-18-41)26-15-28-52(58)59(65-60(49)53)43-19-8-4-9-20-43/h3-39H,1-2H3. The molecule has 0 atom stereocenters. The zero-order valence-corrected chi connectivity index (χ0v) is 36.2. The number of pyridine rings is 1. The van der Waals surface area contributed by atoms with E-state index < -0.39 is 0 Å². The number of aromatic nitrogens is 3. The summed E-state index contributed by atoms with van der Waals surface area (Å²) in [6.45, 7) is 4.67. The molecule has 306 valence electrons. The Morgan fingerprint density at radius 1 is 0.308 bits per heavy atom. The van der Waals surface area contributed by atoms with Crippen molar-refractivity contribution < 1.29 is 0 Å². The molecule has 0 fully saturated rings. The van der Waals surface area contributed by atoms with Crippen LogP contribution in [0.5, 0.6) is 0 Å². The third-order valence-corrected chi connectivity index (χ3v) is 13.3. The van der Waals surface area contributed by atoms with E-state index in [9.17, 15) is 0 Å². The lowest BCUT2D eigenvalue weighted by Crippen LogP contribution is -2.14. The number of para-hydroxylation sites is 1. The van der Waals surface area contributed by atoms with Gasteiger partial charge in [-0.25, -0.2) is 15.0 Å². The van der Waals surface area contributed by atoms with Crippen molar-refractivity contribution in [2.45, 2.75) is 19.3 Å². The van der Waals surface area contributed by atoms with Gasteiger partial charge in [0.15, 0.2) is 5.82 Å². The molecule has 0 amide bonds. The van der Waals surface area contributed by atoms with Gasteiger partial charge in [0.2, 0.25) is 0 Å². The minimum absolute atomic E-state index is 0.0557. The third-order valence-electron chi connectivity index (χ3n) is 13.3. The fourth-order valence-corrected chi connectivity index (χ4v) is 10.0. The summed E-state index contributed by atoms with van der Waals surface area (Å²) < 4.78 is 0. The number of nitrogens with zero attached hydrogens (tertiary/aromatic N) is 3. The van der Waals surface area contributed by atoms with Gasteiger partial charge in [-0.2, -0.15) is 0 Å². The van der Waals surface area contributed by atoms with Crippen molar-refractivity contribution in [1.82, 2.24) is 15.0 Å². The molecule has 9 aromatic carbocycles. The number of hydrogen-bond acceptors (Lipinski definition) is 3. The largest absolute Gasteiger partial charge is 0.246 e. The summed E-state index contributed by atoms with van der Waals surface area (Å²) in [5.74, 6) is 0.687. The second kappa shape index (κ2) is 15.5. The van der Waals surface area contributed by atoms with Crippen molar-refractivity contribution in [1.29, 1.82) is 0 Å². The van der Waals surface area contributed by atoms with E-state index in [-0.39, 0.29) is 5.41 Å². The van der Waals surface area contributed by atoms with E-state index in [0.717, 1.165) is 66.8 Å². The van der Waals surface area contributed by atoms with E-state index in [2.05, 4.69) is 220 Å². The Bertz CT molecular complexity index is 3600. The van der Waals surface area contributed by atoms with Gasteiger partial charge in [0.1, 0.15) is 0 Å². The van der Waals surface area contributed by atoms with Crippen molar-refractivity contribution >= 4 is 21.7 Å². The van der Waals surface area contributed by atoms with E-state index in [1.807, 2.05) is 18.2 Å². The molecular formula is C62H43N3. The van der Waals surface area contributed by atoms with Crippen molar-refractivity contribution in [3.8, 4) is 89.7 Å². The van der Waals surface area contributed by atoms with Crippen LogP contribution in [-0.4, -0.2) is 15.0 Å². The van der Waals surface area contributed by atoms with E-state index in [1.54, 1.807) is 0 Å². The molecular weight excluding hydrogens is 787 g/mol. The maximum absolute atomic E-state index is 5.53. The second-order valence-corrected chi connectivity index (χ2v) is 17.5. The van der Waals surface area contributed by atoms with Crippen LogP contribution in [-0.2, 0) is 5.41 Å². The number of hydrogen-bond donors (Lipinski definition) is 0. The molecule has 0 saturated carbocycles. The fourth-order valence-electron chi connectivity index (χ4n) is 10.0. The van der Waals surface area contributed by atoms with Crippen molar-refractivity contribution in [3.63, 3.8) is 0 Å². The summed E-state index contributed by atoms with van der Waals surface area (Å²) in [5.41, 5.74) is 20.0. The second-order valence-electron chi connectivity index (χ2n) is 17.5. The first-order valence-corrected chi connectivity index (χ1v) is 22.3. The van der Waals surface area contributed by atoms with E-state index in [0.29, 0.717) is 5.82 Å². The van der Waals surface area contributed by atoms with Gasteiger partial charge in [0.25, 0.3) is 0 Å². The molecule has 3 heteroatoms. The van der Waals surface area contributed by atoms with Gasteiger partial charge in [0.05, 0.1) is 22.6 Å². The van der Waals surface area contributed by atoms with Crippen LogP contribution in [0.3, 0.4) is 0 Å². The van der Waals surface area contributed by atoms with E-state index in [1.165, 1.54) is 49.9 Å². The Labute approximate surface area is 379 Å². The summed E-state index contributed by atoms with van der Waals surface area (Å²) in [5, 5.41) is 3.45. The van der Waals surface area contributed by atoms with E-state index >= 15 is 0 Å². The average molecular weight is 830 g/mol. The predicted molar refractivity (Wildman–Crippen MR) is 270 cm³/mol. The lowest BCUT2D eigenvalue weighted by atomic mass is 9.81. The first-order chi connectivity index (χ1) is 32.0. The van der Waals surface area contributed by atoms with Gasteiger partial charge >= 0.3 is 0 Å². The van der Waals surface area contributed by atoms with Crippen LogP contribution in [0.4, 0.5) is 0 Å². The Morgan fingerprint density at radius 2 is 0.846 bits per heavy atom. The molecule has 3 nitrogen and oxygen atoms in total. The van der Waals surface area contributed by atoms with Gasteiger partial charge in [-0.3, -0.25) is 0 Å². The van der Waals surface area contributed by atoms with Crippen LogP contribution < -0.4 is 0 Å². The number of fused-ring (bicyclic) bond motifs is 6. The first kappa shape index (κ1) is 38.4. The van der Waals surface area contributed by atoms with Crippen LogP contribution >= 0.6 is 0 Å². The third kappa shape index (κ3) is 6.63. The fraction of sp³-hybridized carbons (Fsp3) is 0.0484.